The van der Waals surface area contributed by atoms with Crippen LogP contribution in [0.3, 0.4) is 0 Å². The fourth-order valence-corrected chi connectivity index (χ4v) is 3.34. The van der Waals surface area contributed by atoms with Gasteiger partial charge in [0.25, 0.3) is 0 Å². The molecule has 0 bridgehead atoms. The lowest BCUT2D eigenvalue weighted by Gasteiger charge is -2.31. The summed E-state index contributed by atoms with van der Waals surface area (Å²) < 4.78 is 24.5. The Labute approximate surface area is 170 Å². The molecule has 0 saturated carbocycles. The number of amidine groups is 1. The molecule has 8 heteroatoms. The largest absolute Gasteiger partial charge is 0.503 e. The number of benzene rings is 1. The third kappa shape index (κ3) is 7.04. The number of unbranched alkanes of at least 4 members (excludes halogenated alkanes) is 4. The van der Waals surface area contributed by atoms with Gasteiger partial charge in [-0.15, -0.1) is 0 Å². The van der Waals surface area contributed by atoms with Crippen LogP contribution in [-0.2, 0) is 6.42 Å². The SMILES string of the molecule is CCCCCCCN1C=CC(N2CCc3ccccc32)=NC1N.[O-][I+2]([O-])O. The number of aliphatic imine (C=N–C) groups is 1. The fraction of sp³-hybridized carbons (Fsp3) is 0.526. The second kappa shape index (κ2) is 11.6. The number of para-hydroxylation sites is 1. The molecule has 2 aliphatic rings. The van der Waals surface area contributed by atoms with Crippen LogP contribution < -0.4 is 38.6 Å². The normalized spacial score (nSPS) is 18.3. The van der Waals surface area contributed by atoms with Crippen LogP contribution in [0.25, 0.3) is 0 Å². The van der Waals surface area contributed by atoms with E-state index in [1.54, 1.807) is 0 Å². The zero-order valence-corrected chi connectivity index (χ0v) is 17.9. The molecule has 2 heterocycles. The van der Waals surface area contributed by atoms with E-state index in [0.29, 0.717) is 0 Å². The molecule has 27 heavy (non-hydrogen) atoms. The monoisotopic (exact) mass is 488 g/mol. The quantitative estimate of drug-likeness (QED) is 0.340. The highest BCUT2D eigenvalue weighted by Gasteiger charge is 2.24. The maximum Gasteiger partial charge on any atom is 0.503 e. The molecule has 3 N–H and O–H groups in total. The predicted octanol–water partition coefficient (Wildman–Crippen LogP) is -2.44. The molecular weight excluding hydrogens is 459 g/mol. The lowest BCUT2D eigenvalue weighted by atomic mass is 10.1. The average molecular weight is 488 g/mol. The van der Waals surface area contributed by atoms with Crippen LogP contribution >= 0.6 is 0 Å². The van der Waals surface area contributed by atoms with E-state index in [-0.39, 0.29) is 6.29 Å². The third-order valence-corrected chi connectivity index (χ3v) is 4.70. The molecule has 0 saturated heterocycles. The van der Waals surface area contributed by atoms with Crippen LogP contribution in [-0.4, -0.2) is 33.6 Å². The number of halogens is 1. The van der Waals surface area contributed by atoms with Gasteiger partial charge in [0, 0.05) is 25.0 Å². The average Bonchev–Trinajstić information content (AvgIpc) is 3.06. The first-order valence-electron chi connectivity index (χ1n) is 9.40. The summed E-state index contributed by atoms with van der Waals surface area (Å²) in [7, 11) is 0. The maximum atomic E-state index is 8.68. The molecule has 3 rings (SSSR count). The summed E-state index contributed by atoms with van der Waals surface area (Å²) in [6, 6.07) is 8.56. The Balaban J connectivity index is 0.000000596. The van der Waals surface area contributed by atoms with E-state index in [0.717, 1.165) is 25.3 Å². The molecular formula is C19H29IN4O3. The summed E-state index contributed by atoms with van der Waals surface area (Å²) in [5, 5.41) is 0. The minimum Gasteiger partial charge on any atom is -0.396 e. The highest BCUT2D eigenvalue weighted by atomic mass is 127. The van der Waals surface area contributed by atoms with E-state index >= 15 is 0 Å². The second-order valence-electron chi connectivity index (χ2n) is 6.60. The summed E-state index contributed by atoms with van der Waals surface area (Å²) in [4.78, 5) is 9.15. The van der Waals surface area contributed by atoms with Crippen LogP contribution in [0.1, 0.15) is 44.6 Å². The maximum absolute atomic E-state index is 8.68. The zero-order chi connectivity index (χ0) is 19.6. The molecule has 0 spiro atoms. The van der Waals surface area contributed by atoms with Gasteiger partial charge in [-0.05, 0) is 34.0 Å². The topological polar surface area (TPSA) is 111 Å². The molecule has 2 aliphatic heterocycles. The molecule has 1 aromatic carbocycles. The number of hydrogen-bond acceptors (Lipinski definition) is 7. The van der Waals surface area contributed by atoms with E-state index in [1.165, 1.54) is 43.4 Å². The lowest BCUT2D eigenvalue weighted by Crippen LogP contribution is -3.98. The van der Waals surface area contributed by atoms with Crippen molar-refractivity contribution in [2.75, 3.05) is 18.0 Å². The van der Waals surface area contributed by atoms with Crippen LogP contribution in [0.2, 0.25) is 0 Å². The highest BCUT2D eigenvalue weighted by molar-refractivity contribution is 6.07. The van der Waals surface area contributed by atoms with Crippen LogP contribution in [0, 0.1) is 0 Å². The summed E-state index contributed by atoms with van der Waals surface area (Å²) in [6.07, 6.45) is 11.5. The summed E-state index contributed by atoms with van der Waals surface area (Å²) in [5.41, 5.74) is 8.93. The Kier molecular flexibility index (Phi) is 9.49. The van der Waals surface area contributed by atoms with Crippen molar-refractivity contribution in [2.24, 2.45) is 10.7 Å². The molecule has 1 unspecified atom stereocenters. The lowest BCUT2D eigenvalue weighted by molar-refractivity contribution is -1.63. The van der Waals surface area contributed by atoms with Crippen molar-refractivity contribution >= 4 is 11.5 Å². The third-order valence-electron chi connectivity index (χ3n) is 4.70. The van der Waals surface area contributed by atoms with Crippen LogP contribution in [0.15, 0.2) is 41.5 Å². The Morgan fingerprint density at radius 1 is 1.22 bits per heavy atom. The highest BCUT2D eigenvalue weighted by Crippen LogP contribution is 2.28. The first-order valence-corrected chi connectivity index (χ1v) is 12.1. The van der Waals surface area contributed by atoms with Gasteiger partial charge in [0.15, 0.2) is 6.29 Å². The molecule has 0 amide bonds. The number of anilines is 1. The van der Waals surface area contributed by atoms with Gasteiger partial charge in [-0.25, -0.2) is 4.99 Å². The molecule has 1 aromatic rings. The first kappa shape index (κ1) is 22.1. The number of hydrogen-bond donors (Lipinski definition) is 2. The van der Waals surface area contributed by atoms with Gasteiger partial charge in [0.05, 0.1) is 0 Å². The van der Waals surface area contributed by atoms with Crippen molar-refractivity contribution in [1.82, 2.24) is 4.90 Å². The molecule has 0 fully saturated rings. The van der Waals surface area contributed by atoms with Crippen LogP contribution in [0.4, 0.5) is 5.69 Å². The Bertz CT molecular complexity index is 636. The Hall–Kier alpha value is -1.20. The van der Waals surface area contributed by atoms with Crippen molar-refractivity contribution in [1.29, 1.82) is 0 Å². The van der Waals surface area contributed by atoms with Crippen molar-refractivity contribution < 1.29 is 31.4 Å². The molecule has 0 radical (unpaired) electrons. The van der Waals surface area contributed by atoms with Crippen molar-refractivity contribution in [3.05, 3.63) is 42.1 Å². The molecule has 0 aromatic heterocycles. The smallest absolute Gasteiger partial charge is 0.396 e. The van der Waals surface area contributed by atoms with Crippen molar-refractivity contribution in [3.63, 3.8) is 0 Å². The zero-order valence-electron chi connectivity index (χ0n) is 15.8. The molecule has 1 atom stereocenters. The van der Waals surface area contributed by atoms with Crippen molar-refractivity contribution in [3.8, 4) is 0 Å². The summed E-state index contributed by atoms with van der Waals surface area (Å²) >= 11 is -3.76. The van der Waals surface area contributed by atoms with E-state index in [9.17, 15) is 0 Å². The molecule has 0 aliphatic carbocycles. The summed E-state index contributed by atoms with van der Waals surface area (Å²) in [5.74, 6) is 0.990. The standard InChI is InChI=1S/C19H28N4.HIO3/c1-2-3-4-5-8-13-22-14-12-18(21-19(22)20)23-15-11-16-9-6-7-10-17(16)23;2-1(3)4/h6-7,9-10,12,14,19H,2-5,8,11,13,15,20H2,1H3;2H. The summed E-state index contributed by atoms with van der Waals surface area (Å²) in [6.45, 7) is 4.23. The van der Waals surface area contributed by atoms with E-state index < -0.39 is 21.1 Å². The van der Waals surface area contributed by atoms with E-state index in [2.05, 4.69) is 53.3 Å². The molecule has 7 nitrogen and oxygen atoms in total. The van der Waals surface area contributed by atoms with Gasteiger partial charge in [0.2, 0.25) is 0 Å². The molecule has 150 valence electrons. The van der Waals surface area contributed by atoms with Gasteiger partial charge in [-0.1, -0.05) is 50.8 Å². The number of fused-ring (bicyclic) bond motifs is 1. The first-order chi connectivity index (χ1) is 13.0. The number of nitrogens with two attached hydrogens (primary N) is 1. The van der Waals surface area contributed by atoms with Gasteiger partial charge in [-0.3, -0.25) is 5.73 Å². The van der Waals surface area contributed by atoms with Crippen LogP contribution in [0.5, 0.6) is 0 Å². The van der Waals surface area contributed by atoms with Gasteiger partial charge >= 0.3 is 21.1 Å². The van der Waals surface area contributed by atoms with Gasteiger partial charge in [-0.2, -0.15) is 0 Å². The number of nitrogens with zero attached hydrogens (tertiary/aromatic N) is 3. The minimum absolute atomic E-state index is 0.256. The minimum atomic E-state index is -3.76. The van der Waals surface area contributed by atoms with E-state index in [1.807, 2.05) is 0 Å². The predicted molar refractivity (Wildman–Crippen MR) is 99.7 cm³/mol. The fourth-order valence-electron chi connectivity index (χ4n) is 3.34. The second-order valence-corrected chi connectivity index (χ2v) is 7.75. The van der Waals surface area contributed by atoms with Gasteiger partial charge in [0.1, 0.15) is 5.84 Å². The van der Waals surface area contributed by atoms with E-state index in [4.69, 9.17) is 21.0 Å². The van der Waals surface area contributed by atoms with Crippen molar-refractivity contribution in [2.45, 2.75) is 51.7 Å². The van der Waals surface area contributed by atoms with Gasteiger partial charge < -0.3 is 16.7 Å². The Morgan fingerprint density at radius 2 is 1.93 bits per heavy atom. The Morgan fingerprint density at radius 3 is 2.63 bits per heavy atom. The number of rotatable bonds is 6.